The highest BCUT2D eigenvalue weighted by Gasteiger charge is 2.43. The minimum absolute atomic E-state index is 0.232. The van der Waals surface area contributed by atoms with E-state index in [1.165, 1.54) is 0 Å². The summed E-state index contributed by atoms with van der Waals surface area (Å²) in [6.45, 7) is 0.601. The molecule has 2 aromatic rings. The second-order valence-electron chi connectivity index (χ2n) is 7.61. The fourth-order valence-corrected chi connectivity index (χ4v) is 4.06. The first kappa shape index (κ1) is 32.5. The van der Waals surface area contributed by atoms with E-state index in [-0.39, 0.29) is 17.9 Å². The number of nitrogens with one attached hydrogen (secondary N) is 2. The highest BCUT2D eigenvalue weighted by Crippen LogP contribution is 2.30. The third-order valence-electron chi connectivity index (χ3n) is 4.58. The van der Waals surface area contributed by atoms with Gasteiger partial charge < -0.3 is 31.2 Å². The Hall–Kier alpha value is -4.69. The average molecular weight is 618 g/mol. The summed E-state index contributed by atoms with van der Waals surface area (Å²) in [5.41, 5.74) is 6.64. The Morgan fingerprint density at radius 1 is 1.07 bits per heavy atom. The number of rotatable bonds is 11. The number of para-hydroxylation sites is 1. The van der Waals surface area contributed by atoms with Gasteiger partial charge in [0.25, 0.3) is 10.0 Å². The molecule has 0 saturated carbocycles. The van der Waals surface area contributed by atoms with Crippen LogP contribution in [0.4, 0.5) is 32.0 Å². The fourth-order valence-electron chi connectivity index (χ4n) is 2.87. The predicted octanol–water partition coefficient (Wildman–Crippen LogP) is 0.490. The molecule has 1 unspecified atom stereocenters. The monoisotopic (exact) mass is 618 g/mol. The van der Waals surface area contributed by atoms with Crippen molar-refractivity contribution in [1.29, 1.82) is 0 Å². The number of pyridine rings is 1. The van der Waals surface area contributed by atoms with Crippen LogP contribution in [0, 0.1) is 0 Å². The summed E-state index contributed by atoms with van der Waals surface area (Å²) >= 11 is 0. The number of hydrogen-bond donors (Lipinski definition) is 4. The van der Waals surface area contributed by atoms with Gasteiger partial charge >= 0.3 is 24.1 Å². The molecule has 0 radical (unpaired) electrons. The Bertz CT molecular complexity index is 1470. The lowest BCUT2D eigenvalue weighted by Crippen LogP contribution is -2.42. The molecule has 1 atom stereocenters. The molecular weight excluding hydrogens is 598 g/mol. The first-order valence-electron chi connectivity index (χ1n) is 10.7. The van der Waals surface area contributed by atoms with E-state index >= 15 is 0 Å². The molecule has 1 aromatic heterocycles. The zero-order chi connectivity index (χ0) is 31.2. The number of nitrogens with zero attached hydrogens (tertiary/aromatic N) is 2. The topological polar surface area (TPSA) is 206 Å². The van der Waals surface area contributed by atoms with Gasteiger partial charge in [-0.25, -0.2) is 13.2 Å². The van der Waals surface area contributed by atoms with Gasteiger partial charge in [-0.1, -0.05) is 12.1 Å². The second-order valence-corrected chi connectivity index (χ2v) is 9.26. The maximum Gasteiger partial charge on any atom is 0.573 e. The molecule has 14 nitrogen and oxygen atoms in total. The van der Waals surface area contributed by atoms with Crippen LogP contribution in [0.25, 0.3) is 0 Å². The largest absolute Gasteiger partial charge is 0.573 e. The molecule has 1 aromatic carbocycles. The minimum Gasteiger partial charge on any atom is -0.404 e. The first-order valence-corrected chi connectivity index (χ1v) is 12.2. The van der Waals surface area contributed by atoms with Crippen LogP contribution in [0.5, 0.6) is 5.75 Å². The fraction of sp³-hybridized carbons (Fsp3) is 0.300. The molecule has 0 aliphatic rings. The third-order valence-corrected chi connectivity index (χ3v) is 5.99. The van der Waals surface area contributed by atoms with E-state index in [2.05, 4.69) is 24.9 Å². The minimum atomic E-state index is -5.63. The number of carbonyl (C=O) groups is 2. The SMILES string of the molecule is CC(C(=O)NCCON=C(N)N)c1ccc(NS(=O)(=O)c2ccccc2OC(F)(F)F)c(=O)n1OC(=O)C(F)(F)F. The highest BCUT2D eigenvalue weighted by atomic mass is 32.2. The van der Waals surface area contributed by atoms with Crippen molar-refractivity contribution >= 4 is 33.5 Å². The van der Waals surface area contributed by atoms with Crippen LogP contribution >= 0.6 is 0 Å². The molecule has 0 spiro atoms. The second kappa shape index (κ2) is 12.7. The Morgan fingerprint density at radius 3 is 2.29 bits per heavy atom. The van der Waals surface area contributed by atoms with E-state index < -0.39 is 73.9 Å². The standard InChI is InChI=1S/C20H20F6N6O8S/c1-10(15(33)29-8-9-38-30-18(27)28)12-7-6-11(16(34)32(12)40-17(35)19(21,22)23)31-41(36,37)14-5-3-2-4-13(14)39-20(24,25)26/h2-7,10,31H,8-9H2,1H3,(H,29,33)(H4,27,28,30). The summed E-state index contributed by atoms with van der Waals surface area (Å²) in [5, 5.41) is 5.46. The van der Waals surface area contributed by atoms with E-state index in [9.17, 15) is 49.1 Å². The van der Waals surface area contributed by atoms with Gasteiger partial charge in [-0.3, -0.25) is 14.3 Å². The molecule has 0 fully saturated rings. The number of benzene rings is 1. The average Bonchev–Trinajstić information content (AvgIpc) is 2.84. The molecule has 6 N–H and O–H groups in total. The van der Waals surface area contributed by atoms with Gasteiger partial charge in [0.1, 0.15) is 22.9 Å². The van der Waals surface area contributed by atoms with Gasteiger partial charge in [-0.2, -0.15) is 13.2 Å². The maximum absolute atomic E-state index is 13.0. The van der Waals surface area contributed by atoms with Gasteiger partial charge in [-0.15, -0.1) is 17.9 Å². The molecule has 0 saturated heterocycles. The summed E-state index contributed by atoms with van der Waals surface area (Å²) in [6, 6.07) is 4.82. The van der Waals surface area contributed by atoms with Crippen LogP contribution in [-0.4, -0.2) is 56.7 Å². The number of amides is 1. The number of nitrogens with two attached hydrogens (primary N) is 2. The Labute approximate surface area is 225 Å². The molecule has 0 bridgehead atoms. The van der Waals surface area contributed by atoms with Gasteiger partial charge in [0.05, 0.1) is 18.2 Å². The smallest absolute Gasteiger partial charge is 0.404 e. The Balaban J connectivity index is 2.47. The van der Waals surface area contributed by atoms with Gasteiger partial charge in [0.2, 0.25) is 11.9 Å². The third kappa shape index (κ3) is 9.19. The van der Waals surface area contributed by atoms with Crippen LogP contribution in [0.15, 0.2) is 51.2 Å². The molecule has 1 heterocycles. The summed E-state index contributed by atoms with van der Waals surface area (Å²) in [7, 11) is -5.06. The van der Waals surface area contributed by atoms with Crippen molar-refractivity contribution < 1.29 is 58.8 Å². The maximum atomic E-state index is 13.0. The molecule has 21 heteroatoms. The Kier molecular flexibility index (Phi) is 10.0. The van der Waals surface area contributed by atoms with Crippen molar-refractivity contribution in [3.63, 3.8) is 0 Å². The predicted molar refractivity (Wildman–Crippen MR) is 125 cm³/mol. The number of anilines is 1. The van der Waals surface area contributed by atoms with Crippen molar-refractivity contribution in [2.24, 2.45) is 16.6 Å². The quantitative estimate of drug-likeness (QED) is 0.0901. The van der Waals surface area contributed by atoms with Crippen LogP contribution in [0.1, 0.15) is 18.5 Å². The van der Waals surface area contributed by atoms with E-state index in [1.807, 2.05) is 0 Å². The lowest BCUT2D eigenvalue weighted by atomic mass is 10.1. The summed E-state index contributed by atoms with van der Waals surface area (Å²) in [6.07, 6.45) is -10.9. The van der Waals surface area contributed by atoms with Crippen molar-refractivity contribution in [2.75, 3.05) is 17.9 Å². The number of aromatic nitrogens is 1. The van der Waals surface area contributed by atoms with Gasteiger partial charge in [-0.05, 0) is 36.3 Å². The number of guanidine groups is 1. The molecule has 41 heavy (non-hydrogen) atoms. The number of halogens is 6. The number of hydrogen-bond acceptors (Lipinski definition) is 9. The van der Waals surface area contributed by atoms with E-state index in [0.717, 1.165) is 25.1 Å². The lowest BCUT2D eigenvalue weighted by Gasteiger charge is -2.19. The van der Waals surface area contributed by atoms with E-state index in [1.54, 1.807) is 4.72 Å². The first-order chi connectivity index (χ1) is 18.8. The number of carbonyl (C=O) groups excluding carboxylic acids is 2. The van der Waals surface area contributed by atoms with Crippen molar-refractivity contribution in [3.05, 3.63) is 52.4 Å². The van der Waals surface area contributed by atoms with Crippen molar-refractivity contribution in [1.82, 2.24) is 10.0 Å². The van der Waals surface area contributed by atoms with Crippen LogP contribution in [-0.2, 0) is 24.4 Å². The Morgan fingerprint density at radius 2 is 1.71 bits per heavy atom. The van der Waals surface area contributed by atoms with Gasteiger partial charge in [0.15, 0.2) is 0 Å². The normalized spacial score (nSPS) is 12.6. The molecule has 0 aliphatic carbocycles. The number of ether oxygens (including phenoxy) is 1. The summed E-state index contributed by atoms with van der Waals surface area (Å²) in [4.78, 5) is 44.6. The highest BCUT2D eigenvalue weighted by molar-refractivity contribution is 7.92. The summed E-state index contributed by atoms with van der Waals surface area (Å²) < 4.78 is 107. The molecule has 0 aliphatic heterocycles. The zero-order valence-corrected chi connectivity index (χ0v) is 21.3. The molecule has 1 amide bonds. The number of sulfonamides is 1. The summed E-state index contributed by atoms with van der Waals surface area (Å²) in [5.74, 6) is -6.96. The van der Waals surface area contributed by atoms with Gasteiger partial charge in [0, 0.05) is 0 Å². The van der Waals surface area contributed by atoms with Crippen molar-refractivity contribution in [2.45, 2.75) is 30.3 Å². The van der Waals surface area contributed by atoms with E-state index in [4.69, 9.17) is 11.5 Å². The zero-order valence-electron chi connectivity index (χ0n) is 20.4. The number of alkyl halides is 6. The molecular formula is C20H20F6N6O8S. The van der Waals surface area contributed by atoms with Crippen molar-refractivity contribution in [3.8, 4) is 5.75 Å². The van der Waals surface area contributed by atoms with Crippen LogP contribution in [0.2, 0.25) is 0 Å². The van der Waals surface area contributed by atoms with E-state index in [0.29, 0.717) is 18.2 Å². The molecule has 2 rings (SSSR count). The van der Waals surface area contributed by atoms with Crippen LogP contribution in [0.3, 0.4) is 0 Å². The number of oxime groups is 1. The van der Waals surface area contributed by atoms with Crippen LogP contribution < -0.4 is 36.6 Å². The molecule has 226 valence electrons. The lowest BCUT2D eigenvalue weighted by molar-refractivity contribution is -0.275.